The van der Waals surface area contributed by atoms with E-state index in [-0.39, 0.29) is 24.8 Å². The maximum Gasteiger partial charge on any atom is 0.264 e. The normalized spacial score (nSPS) is 25.2. The van der Waals surface area contributed by atoms with Gasteiger partial charge in [0.1, 0.15) is 0 Å². The van der Waals surface area contributed by atoms with E-state index >= 15 is 0 Å². The summed E-state index contributed by atoms with van der Waals surface area (Å²) in [4.78, 5) is 21.9. The Hall–Kier alpha value is -1.15. The molecular weight excluding hydrogens is 236 g/mol. The van der Waals surface area contributed by atoms with Crippen molar-refractivity contribution < 1.29 is 22.2 Å². The minimum Gasteiger partial charge on any atom is -0.351 e. The van der Waals surface area contributed by atoms with Gasteiger partial charge in [-0.1, -0.05) is 0 Å². The Morgan fingerprint density at radius 2 is 2.25 bits per heavy atom. The van der Waals surface area contributed by atoms with Crippen molar-refractivity contribution >= 4 is 21.9 Å². The van der Waals surface area contributed by atoms with E-state index in [1.807, 2.05) is 0 Å². The van der Waals surface area contributed by atoms with Crippen LogP contribution in [0.5, 0.6) is 0 Å². The molecule has 0 aliphatic carbocycles. The molecule has 2 amide bonds. The number of carbonyl (C=O) groups is 2. The van der Waals surface area contributed by atoms with Gasteiger partial charge < -0.3 is 10.6 Å². The maximum atomic E-state index is 11.1. The van der Waals surface area contributed by atoms with E-state index < -0.39 is 22.2 Å². The summed E-state index contributed by atoms with van der Waals surface area (Å²) < 4.78 is 26.1. The summed E-state index contributed by atoms with van der Waals surface area (Å²) in [6.07, 6.45) is 1.06. The molecular formula is C8H14N2O5S. The van der Waals surface area contributed by atoms with Crippen LogP contribution < -0.4 is 10.6 Å². The van der Waals surface area contributed by atoms with E-state index in [1.54, 1.807) is 0 Å². The first kappa shape index (κ1) is 12.9. The van der Waals surface area contributed by atoms with Gasteiger partial charge in [-0.2, -0.15) is 8.42 Å². The Balaban J connectivity index is 2.56. The number of amides is 2. The van der Waals surface area contributed by atoms with Crippen molar-refractivity contribution in [3.8, 4) is 0 Å². The highest BCUT2D eigenvalue weighted by Crippen LogP contribution is 2.09. The van der Waals surface area contributed by atoms with Crippen molar-refractivity contribution in [3.05, 3.63) is 0 Å². The monoisotopic (exact) mass is 250 g/mol. The van der Waals surface area contributed by atoms with Crippen LogP contribution in [0.4, 0.5) is 0 Å². The van der Waals surface area contributed by atoms with Gasteiger partial charge in [-0.25, -0.2) is 0 Å². The van der Waals surface area contributed by atoms with E-state index in [4.69, 9.17) is 0 Å². The number of carbonyl (C=O) groups excluding carboxylic acids is 2. The second-order valence-corrected chi connectivity index (χ2v) is 5.32. The zero-order valence-corrected chi connectivity index (χ0v) is 9.83. The molecule has 2 N–H and O–H groups in total. The third-order valence-electron chi connectivity index (χ3n) is 2.09. The minimum absolute atomic E-state index is 0.136. The lowest BCUT2D eigenvalue weighted by Crippen LogP contribution is -2.45. The predicted octanol–water partition coefficient (Wildman–Crippen LogP) is -1.64. The fourth-order valence-corrected chi connectivity index (χ4v) is 1.87. The molecule has 1 aliphatic rings. The van der Waals surface area contributed by atoms with Crippen molar-refractivity contribution in [2.24, 2.45) is 0 Å². The lowest BCUT2D eigenvalue weighted by molar-refractivity contribution is -0.119. The molecule has 0 radical (unpaired) electrons. The van der Waals surface area contributed by atoms with Crippen molar-refractivity contribution in [3.63, 3.8) is 0 Å². The van der Waals surface area contributed by atoms with Gasteiger partial charge in [0.2, 0.25) is 11.8 Å². The molecule has 0 spiro atoms. The fraction of sp³-hybridized carbons (Fsp3) is 0.750. The summed E-state index contributed by atoms with van der Waals surface area (Å²) in [7, 11) is -3.54. The number of nitrogens with one attached hydrogen (secondary N) is 2. The SMILES string of the molecule is CC(=O)N[C@H]1CC(=O)N[C@@H]1COS(C)(=O)=O. The Morgan fingerprint density at radius 1 is 1.62 bits per heavy atom. The zero-order valence-electron chi connectivity index (χ0n) is 9.02. The molecule has 1 saturated heterocycles. The van der Waals surface area contributed by atoms with Crippen LogP contribution in [0.2, 0.25) is 0 Å². The van der Waals surface area contributed by atoms with Crippen LogP contribution in [0.25, 0.3) is 0 Å². The van der Waals surface area contributed by atoms with Crippen LogP contribution in [0.15, 0.2) is 0 Å². The Labute approximate surface area is 93.7 Å². The maximum absolute atomic E-state index is 11.1. The minimum atomic E-state index is -3.54. The quantitative estimate of drug-likeness (QED) is 0.582. The van der Waals surface area contributed by atoms with Gasteiger partial charge in [0.05, 0.1) is 24.9 Å². The smallest absolute Gasteiger partial charge is 0.264 e. The molecule has 8 heteroatoms. The summed E-state index contributed by atoms with van der Waals surface area (Å²) in [5.74, 6) is -0.508. The molecule has 16 heavy (non-hydrogen) atoms. The molecule has 1 fully saturated rings. The summed E-state index contributed by atoms with van der Waals surface area (Å²) in [5, 5.41) is 5.10. The first-order valence-electron chi connectivity index (χ1n) is 4.69. The van der Waals surface area contributed by atoms with Crippen LogP contribution >= 0.6 is 0 Å². The Bertz CT molecular complexity index is 391. The second kappa shape index (κ2) is 4.79. The highest BCUT2D eigenvalue weighted by molar-refractivity contribution is 7.85. The molecule has 0 unspecified atom stereocenters. The van der Waals surface area contributed by atoms with E-state index in [1.165, 1.54) is 6.92 Å². The Kier molecular flexibility index (Phi) is 3.87. The van der Waals surface area contributed by atoms with Gasteiger partial charge in [-0.15, -0.1) is 0 Å². The lowest BCUT2D eigenvalue weighted by atomic mass is 10.1. The van der Waals surface area contributed by atoms with Crippen LogP contribution in [0.1, 0.15) is 13.3 Å². The van der Waals surface area contributed by atoms with Crippen molar-refractivity contribution in [1.29, 1.82) is 0 Å². The summed E-state index contributed by atoms with van der Waals surface area (Å²) >= 11 is 0. The van der Waals surface area contributed by atoms with E-state index in [0.29, 0.717) is 0 Å². The second-order valence-electron chi connectivity index (χ2n) is 3.67. The molecule has 0 saturated carbocycles. The third-order valence-corrected chi connectivity index (χ3v) is 2.65. The van der Waals surface area contributed by atoms with Crippen LogP contribution in [0, 0.1) is 0 Å². The predicted molar refractivity (Wildman–Crippen MR) is 54.9 cm³/mol. The standard InChI is InChI=1S/C8H14N2O5S/c1-5(11)9-6-3-8(12)10-7(6)4-15-16(2,13)14/h6-7H,3-4H2,1-2H3,(H,9,11)(H,10,12)/t6-,7+/m0/s1. The number of hydrogen-bond donors (Lipinski definition) is 2. The summed E-state index contributed by atoms with van der Waals surface area (Å²) in [6.45, 7) is 1.16. The van der Waals surface area contributed by atoms with Gasteiger partial charge in [0.15, 0.2) is 0 Å². The molecule has 1 rings (SSSR count). The highest BCUT2D eigenvalue weighted by atomic mass is 32.2. The number of hydrogen-bond acceptors (Lipinski definition) is 5. The van der Waals surface area contributed by atoms with Gasteiger partial charge >= 0.3 is 0 Å². The van der Waals surface area contributed by atoms with E-state index in [9.17, 15) is 18.0 Å². The first-order chi connectivity index (χ1) is 7.28. The fourth-order valence-electron chi connectivity index (χ4n) is 1.48. The largest absolute Gasteiger partial charge is 0.351 e. The van der Waals surface area contributed by atoms with Crippen LogP contribution in [0.3, 0.4) is 0 Å². The summed E-state index contributed by atoms with van der Waals surface area (Å²) in [5.41, 5.74) is 0. The molecule has 0 aromatic heterocycles. The zero-order chi connectivity index (χ0) is 12.3. The van der Waals surface area contributed by atoms with Gasteiger partial charge in [-0.3, -0.25) is 13.8 Å². The average molecular weight is 250 g/mol. The van der Waals surface area contributed by atoms with Gasteiger partial charge in [-0.05, 0) is 0 Å². The number of rotatable bonds is 4. The molecule has 92 valence electrons. The first-order valence-corrected chi connectivity index (χ1v) is 6.50. The lowest BCUT2D eigenvalue weighted by Gasteiger charge is -2.18. The van der Waals surface area contributed by atoms with Crippen LogP contribution in [-0.2, 0) is 23.9 Å². The highest BCUT2D eigenvalue weighted by Gasteiger charge is 2.33. The molecule has 0 aromatic carbocycles. The molecule has 0 aromatic rings. The average Bonchev–Trinajstić information content (AvgIpc) is 2.40. The molecule has 1 heterocycles. The van der Waals surface area contributed by atoms with Crippen LogP contribution in [-0.4, -0.2) is 45.2 Å². The summed E-state index contributed by atoms with van der Waals surface area (Å²) in [6, 6.07) is -0.933. The molecule has 2 atom stereocenters. The molecule has 0 bridgehead atoms. The van der Waals surface area contributed by atoms with Crippen molar-refractivity contribution in [1.82, 2.24) is 10.6 Å². The topological polar surface area (TPSA) is 102 Å². The van der Waals surface area contributed by atoms with E-state index in [2.05, 4.69) is 14.8 Å². The third kappa shape index (κ3) is 4.15. The molecule has 7 nitrogen and oxygen atoms in total. The van der Waals surface area contributed by atoms with E-state index in [0.717, 1.165) is 6.26 Å². The van der Waals surface area contributed by atoms with Gasteiger partial charge in [0.25, 0.3) is 10.1 Å². The Morgan fingerprint density at radius 3 is 2.75 bits per heavy atom. The van der Waals surface area contributed by atoms with Gasteiger partial charge in [0, 0.05) is 13.3 Å². The van der Waals surface area contributed by atoms with Crippen molar-refractivity contribution in [2.45, 2.75) is 25.4 Å². The van der Waals surface area contributed by atoms with Crippen molar-refractivity contribution in [2.75, 3.05) is 12.9 Å². The molecule has 1 aliphatic heterocycles.